The number of fused-ring (bicyclic) bond motifs is 2. The van der Waals surface area contributed by atoms with Crippen LogP contribution >= 0.6 is 11.3 Å². The second-order valence-electron chi connectivity index (χ2n) is 7.11. The van der Waals surface area contributed by atoms with Gasteiger partial charge in [0.1, 0.15) is 5.69 Å². The Morgan fingerprint density at radius 1 is 1.42 bits per heavy atom. The maximum absolute atomic E-state index is 12.3. The third-order valence-corrected chi connectivity index (χ3v) is 6.27. The van der Waals surface area contributed by atoms with Crippen LogP contribution in [0.1, 0.15) is 29.8 Å². The minimum absolute atomic E-state index is 0.0852. The normalized spacial score (nSPS) is 24.9. The Bertz CT molecular complexity index is 941. The van der Waals surface area contributed by atoms with Crippen molar-refractivity contribution in [3.63, 3.8) is 0 Å². The maximum atomic E-state index is 12.3. The van der Waals surface area contributed by atoms with E-state index in [0.717, 1.165) is 25.3 Å². The molecule has 0 aromatic carbocycles. The van der Waals surface area contributed by atoms with Gasteiger partial charge in [-0.15, -0.1) is 26.2 Å². The number of nitrogens with one attached hydrogen (secondary N) is 1. The lowest BCUT2D eigenvalue weighted by molar-refractivity contribution is 0.0923. The predicted octanol–water partition coefficient (Wildman–Crippen LogP) is 1.01. The van der Waals surface area contributed by atoms with Crippen molar-refractivity contribution in [1.82, 2.24) is 35.6 Å². The first-order valence-electron chi connectivity index (χ1n) is 8.70. The molecule has 3 aromatic heterocycles. The van der Waals surface area contributed by atoms with E-state index >= 15 is 0 Å². The van der Waals surface area contributed by atoms with Crippen LogP contribution in [0.2, 0.25) is 0 Å². The highest BCUT2D eigenvalue weighted by molar-refractivity contribution is 7.07. The molecule has 1 N–H and O–H groups in total. The summed E-state index contributed by atoms with van der Waals surface area (Å²) in [4.78, 5) is 18.7. The van der Waals surface area contributed by atoms with E-state index in [1.165, 1.54) is 28.8 Å². The average molecular weight is 370 g/mol. The number of hydrogen-bond donors (Lipinski definition) is 1. The Morgan fingerprint density at radius 2 is 2.38 bits per heavy atom. The summed E-state index contributed by atoms with van der Waals surface area (Å²) in [5, 5.41) is 20.8. The number of nitrogens with zero attached hydrogens (tertiary/aromatic N) is 7. The van der Waals surface area contributed by atoms with Gasteiger partial charge in [0, 0.05) is 30.4 Å². The van der Waals surface area contributed by atoms with Gasteiger partial charge >= 0.3 is 0 Å². The van der Waals surface area contributed by atoms with Crippen LogP contribution in [0.15, 0.2) is 23.0 Å². The number of aromatic nitrogens is 6. The van der Waals surface area contributed by atoms with E-state index < -0.39 is 0 Å². The van der Waals surface area contributed by atoms with Crippen molar-refractivity contribution in [2.24, 2.45) is 11.3 Å². The van der Waals surface area contributed by atoms with Gasteiger partial charge in [-0.2, -0.15) is 0 Å². The van der Waals surface area contributed by atoms with Crippen molar-refractivity contribution in [2.75, 3.05) is 24.5 Å². The summed E-state index contributed by atoms with van der Waals surface area (Å²) in [6.07, 6.45) is 3.53. The molecule has 26 heavy (non-hydrogen) atoms. The smallest absolute Gasteiger partial charge is 0.270 e. The standard InChI is InChI=1S/C16H18N8OS/c25-15(12-7-26-10-18-12)17-8-16-5-1-2-11(16)6-23(9-16)14-4-3-13-19-21-22-24(13)20-14/h3-4,7,10-11H,1-2,5-6,8-9H2,(H,17,25)/t11-,16-/m0/s1. The Labute approximate surface area is 153 Å². The van der Waals surface area contributed by atoms with Gasteiger partial charge in [-0.05, 0) is 41.3 Å². The molecular weight excluding hydrogens is 352 g/mol. The molecule has 1 aliphatic heterocycles. The second kappa shape index (κ2) is 5.97. The minimum atomic E-state index is -0.0852. The lowest BCUT2D eigenvalue weighted by Gasteiger charge is -2.29. The third-order valence-electron chi connectivity index (χ3n) is 5.69. The average Bonchev–Trinajstić information content (AvgIpc) is 3.42. The first-order valence-corrected chi connectivity index (χ1v) is 9.65. The van der Waals surface area contributed by atoms with Gasteiger partial charge in [0.2, 0.25) is 0 Å². The van der Waals surface area contributed by atoms with Gasteiger partial charge in [-0.3, -0.25) is 4.79 Å². The molecule has 9 nitrogen and oxygen atoms in total. The fraction of sp³-hybridized carbons (Fsp3) is 0.500. The molecule has 3 aromatic rings. The second-order valence-corrected chi connectivity index (χ2v) is 7.83. The number of thiazole rings is 1. The molecule has 1 aliphatic carbocycles. The van der Waals surface area contributed by atoms with Crippen LogP contribution in [0, 0.1) is 11.3 Å². The van der Waals surface area contributed by atoms with Crippen LogP contribution in [-0.2, 0) is 0 Å². The fourth-order valence-corrected chi connectivity index (χ4v) is 4.89. The largest absolute Gasteiger partial charge is 0.354 e. The zero-order valence-electron chi connectivity index (χ0n) is 14.1. The summed E-state index contributed by atoms with van der Waals surface area (Å²) in [5.41, 5.74) is 2.92. The van der Waals surface area contributed by atoms with Gasteiger partial charge in [0.15, 0.2) is 11.5 Å². The van der Waals surface area contributed by atoms with Gasteiger partial charge in [-0.25, -0.2) is 4.98 Å². The van der Waals surface area contributed by atoms with E-state index in [1.54, 1.807) is 10.9 Å². The molecule has 2 atom stereocenters. The Hall–Kier alpha value is -2.62. The fourth-order valence-electron chi connectivity index (χ4n) is 4.36. The number of anilines is 1. The van der Waals surface area contributed by atoms with E-state index in [2.05, 4.69) is 35.8 Å². The molecule has 2 fully saturated rings. The molecule has 0 radical (unpaired) electrons. The summed E-state index contributed by atoms with van der Waals surface area (Å²) in [6.45, 7) is 2.51. The topological polar surface area (TPSA) is 101 Å². The lowest BCUT2D eigenvalue weighted by atomic mass is 9.80. The first kappa shape index (κ1) is 15.6. The molecule has 5 rings (SSSR count). The number of hydrogen-bond acceptors (Lipinski definition) is 8. The Balaban J connectivity index is 1.34. The summed E-state index contributed by atoms with van der Waals surface area (Å²) < 4.78 is 1.46. The maximum Gasteiger partial charge on any atom is 0.270 e. The van der Waals surface area contributed by atoms with Crippen LogP contribution in [0.4, 0.5) is 5.82 Å². The molecule has 0 bridgehead atoms. The van der Waals surface area contributed by atoms with E-state index in [-0.39, 0.29) is 11.3 Å². The van der Waals surface area contributed by atoms with Crippen molar-refractivity contribution in [3.05, 3.63) is 28.7 Å². The number of rotatable bonds is 4. The summed E-state index contributed by atoms with van der Waals surface area (Å²) in [6, 6.07) is 3.85. The summed E-state index contributed by atoms with van der Waals surface area (Å²) >= 11 is 1.44. The van der Waals surface area contributed by atoms with Crippen molar-refractivity contribution in [2.45, 2.75) is 19.3 Å². The van der Waals surface area contributed by atoms with Crippen LogP contribution in [0.3, 0.4) is 0 Å². The summed E-state index contributed by atoms with van der Waals surface area (Å²) in [7, 11) is 0. The Morgan fingerprint density at radius 3 is 3.27 bits per heavy atom. The first-order chi connectivity index (χ1) is 12.7. The molecule has 0 spiro atoms. The highest BCUT2D eigenvalue weighted by Crippen LogP contribution is 2.49. The molecule has 10 heteroatoms. The van der Waals surface area contributed by atoms with Gasteiger partial charge in [0.05, 0.1) is 5.51 Å². The van der Waals surface area contributed by atoms with E-state index in [1.807, 2.05) is 12.1 Å². The van der Waals surface area contributed by atoms with Gasteiger partial charge < -0.3 is 10.2 Å². The zero-order valence-corrected chi connectivity index (χ0v) is 14.9. The quantitative estimate of drug-likeness (QED) is 0.731. The van der Waals surface area contributed by atoms with Gasteiger partial charge in [-0.1, -0.05) is 6.42 Å². The molecule has 1 amide bonds. The van der Waals surface area contributed by atoms with Gasteiger partial charge in [0.25, 0.3) is 5.91 Å². The van der Waals surface area contributed by atoms with Crippen LogP contribution < -0.4 is 10.2 Å². The van der Waals surface area contributed by atoms with Crippen LogP contribution in [0.25, 0.3) is 5.65 Å². The van der Waals surface area contributed by atoms with E-state index in [4.69, 9.17) is 0 Å². The highest BCUT2D eigenvalue weighted by Gasteiger charge is 2.49. The van der Waals surface area contributed by atoms with Crippen LogP contribution in [0.5, 0.6) is 0 Å². The van der Waals surface area contributed by atoms with Crippen molar-refractivity contribution in [1.29, 1.82) is 0 Å². The molecule has 134 valence electrons. The minimum Gasteiger partial charge on any atom is -0.354 e. The SMILES string of the molecule is O=C(NC[C@]12CCC[C@H]1CN(c1ccc3nnnn3n1)C2)c1cscn1. The lowest BCUT2D eigenvalue weighted by Crippen LogP contribution is -2.41. The number of carbonyl (C=O) groups excluding carboxylic acids is 1. The van der Waals surface area contributed by atoms with Crippen LogP contribution in [-0.4, -0.2) is 55.8 Å². The van der Waals surface area contributed by atoms with Crippen molar-refractivity contribution < 1.29 is 4.79 Å². The van der Waals surface area contributed by atoms with E-state index in [0.29, 0.717) is 23.8 Å². The number of carbonyl (C=O) groups is 1. The monoisotopic (exact) mass is 370 g/mol. The molecule has 0 unspecified atom stereocenters. The van der Waals surface area contributed by atoms with Crippen molar-refractivity contribution >= 4 is 28.7 Å². The third kappa shape index (κ3) is 2.52. The molecular formula is C16H18N8OS. The van der Waals surface area contributed by atoms with Crippen molar-refractivity contribution in [3.8, 4) is 0 Å². The molecule has 1 saturated carbocycles. The summed E-state index contributed by atoms with van der Waals surface area (Å²) in [5.74, 6) is 1.35. The Kier molecular flexibility index (Phi) is 3.59. The number of tetrazole rings is 1. The molecule has 2 aliphatic rings. The number of amides is 1. The molecule has 4 heterocycles. The highest BCUT2D eigenvalue weighted by atomic mass is 32.1. The molecule has 1 saturated heterocycles. The van der Waals surface area contributed by atoms with E-state index in [9.17, 15) is 4.79 Å². The zero-order chi connectivity index (χ0) is 17.6. The predicted molar refractivity (Wildman–Crippen MR) is 95.0 cm³/mol.